The van der Waals surface area contributed by atoms with Crippen LogP contribution >= 0.6 is 0 Å². The number of hydrogen-bond acceptors (Lipinski definition) is 23. The number of piperazine rings is 2. The zero-order valence-corrected chi connectivity index (χ0v) is 61.5. The number of aryl methyl sites for hydroxylation is 1. The average Bonchev–Trinajstić information content (AvgIpc) is 0.773. The molecule has 3 amide bonds. The van der Waals surface area contributed by atoms with Gasteiger partial charge < -0.3 is 73.4 Å². The molecule has 5 fully saturated rings. The van der Waals surface area contributed by atoms with Gasteiger partial charge in [0, 0.05) is 154 Å². The van der Waals surface area contributed by atoms with Crippen molar-refractivity contribution in [1.29, 1.82) is 0 Å². The lowest BCUT2D eigenvalue weighted by Crippen LogP contribution is -2.61. The second kappa shape index (κ2) is 38.8. The van der Waals surface area contributed by atoms with Crippen LogP contribution in [0.3, 0.4) is 0 Å². The molecule has 5 aliphatic heterocycles. The number of fused-ring (bicyclic) bond motifs is 3. The van der Waals surface area contributed by atoms with E-state index in [1.54, 1.807) is 53.5 Å². The summed E-state index contributed by atoms with van der Waals surface area (Å²) in [5.41, 5.74) is 2.93. The lowest BCUT2D eigenvalue weighted by Gasteiger charge is -2.43. The van der Waals surface area contributed by atoms with E-state index in [-0.39, 0.29) is 49.6 Å². The molecule has 2 aromatic heterocycles. The van der Waals surface area contributed by atoms with Gasteiger partial charge in [0.25, 0.3) is 11.7 Å². The molecule has 0 aromatic carbocycles. The largest absolute Gasteiger partial charge is 0.460 e. The molecule has 4 saturated heterocycles. The highest BCUT2D eigenvalue weighted by Crippen LogP contribution is 2.39. The number of nitrogens with zero attached hydrogens (tertiary/aromatic N) is 9. The molecule has 6 aliphatic rings. The number of nitrogens with one attached hydrogen (secondary N) is 1. The number of amides is 3. The van der Waals surface area contributed by atoms with E-state index in [1.807, 2.05) is 87.2 Å². The summed E-state index contributed by atoms with van der Waals surface area (Å²) < 4.78 is 42.7. The first-order valence-electron chi connectivity index (χ1n) is 36.7. The molecule has 101 heavy (non-hydrogen) atoms. The Morgan fingerprint density at radius 3 is 2.06 bits per heavy atom. The van der Waals surface area contributed by atoms with E-state index in [2.05, 4.69) is 35.1 Å². The minimum atomic E-state index is -2.46. The lowest BCUT2D eigenvalue weighted by atomic mass is 9.78. The van der Waals surface area contributed by atoms with Gasteiger partial charge in [-0.05, 0) is 119 Å². The number of aromatic nitrogens is 4. The highest BCUT2D eigenvalue weighted by Gasteiger charge is 2.53. The van der Waals surface area contributed by atoms with Crippen molar-refractivity contribution in [1.82, 2.24) is 40.0 Å². The predicted molar refractivity (Wildman–Crippen MR) is 379 cm³/mol. The minimum absolute atomic E-state index is 0.0275. The van der Waals surface area contributed by atoms with Crippen LogP contribution in [0.2, 0.25) is 0 Å². The maximum atomic E-state index is 14.9. The molecule has 4 N–H and O–H groups in total. The fourth-order valence-electron chi connectivity index (χ4n) is 14.9. The molecule has 560 valence electrons. The monoisotopic (exact) mass is 1410 g/mol. The zero-order chi connectivity index (χ0) is 72.9. The third kappa shape index (κ3) is 22.4. The molecule has 1 aliphatic carbocycles. The number of rotatable bonds is 17. The average molecular weight is 1410 g/mol. The highest BCUT2D eigenvalue weighted by molar-refractivity contribution is 6.39. The molecule has 16 atom stereocenters. The van der Waals surface area contributed by atoms with E-state index in [4.69, 9.17) is 33.2 Å². The lowest BCUT2D eigenvalue weighted by molar-refractivity contribution is -0.265. The molecular formula is C75H114N10O16. The van der Waals surface area contributed by atoms with Crippen molar-refractivity contribution in [2.45, 2.75) is 206 Å². The fourth-order valence-corrected chi connectivity index (χ4v) is 14.9. The summed E-state index contributed by atoms with van der Waals surface area (Å²) in [5, 5.41) is 37.8. The van der Waals surface area contributed by atoms with Crippen molar-refractivity contribution in [3.8, 4) is 0 Å². The van der Waals surface area contributed by atoms with Crippen molar-refractivity contribution in [2.75, 3.05) is 110 Å². The molecule has 26 nitrogen and oxygen atoms in total. The van der Waals surface area contributed by atoms with E-state index in [0.717, 1.165) is 49.8 Å². The molecule has 0 spiro atoms. The van der Waals surface area contributed by atoms with Crippen LogP contribution in [0.15, 0.2) is 72.4 Å². The quantitative estimate of drug-likeness (QED) is 0.0556. The standard InChI is InChI=1S/C75H114N10O16/c1-48-17-13-12-14-18-50(3)61(95-9)41-58-22-20-55(8)75(94,101-58)69(90)70(91)85-25-16-15-19-59(85)71(92)99-63(42-62(96-10)51(4)38-54(7)67(88)68(89)66(87)53(6)37-48)52(5)39-56-21-23-60(64(40-56)97-11)100-74(93)80-47-57-45-78-73(79-46-57)84-32-30-82(31-33-84)65(86)24-35-98-36-34-81-26-28-83(29-27-81)72-76-43-49(2)44-77-72/h12-14,17-18,38,43-46,48,51-53,55-56,58-64,67-68,88-89,94H,15-16,19-37,39-42,47H2,1-11H3,(H,80,93)/b14-12?,17-13+,50-18?,54-38+/t48-,51-,52-,53?,55-,56?,58+,59+,60-,61+,62-,63+,64-,67-,68+,75-/m1/s1. The SMILES string of the molecule is CO[C@H]1C[C@@H]2CC[C@@H](C)[C@@](O)(O2)C(=O)C(=O)N2CCCC[C@H]2C(=O)O[C@H]([C@H](C)CC2CC[C@@H](OC(=O)NCc3cnc(N4CCN(C(=O)CCOCCN5CCN(c6ncc(C)cn6)CC5)CC4)nc3)[C@H](OC)C2)C[C@@H](OC)[C@H](C)/C=C(\C)[C@@H](O)[C@@H](O)C(=O)C(C)C[C@H](C)/C=C/C=CC=C1C. The Kier molecular flexibility index (Phi) is 30.7. The molecule has 2 bridgehead atoms. The Hall–Kier alpha value is -6.62. The minimum Gasteiger partial charge on any atom is -0.460 e. The number of cyclic esters (lactones) is 1. The van der Waals surface area contributed by atoms with Gasteiger partial charge in [-0.25, -0.2) is 29.5 Å². The molecule has 7 heterocycles. The Balaban J connectivity index is 0.853. The van der Waals surface area contributed by atoms with Crippen molar-refractivity contribution in [3.63, 3.8) is 0 Å². The Morgan fingerprint density at radius 2 is 1.39 bits per heavy atom. The highest BCUT2D eigenvalue weighted by atomic mass is 16.6. The Bertz CT molecular complexity index is 3140. The van der Waals surface area contributed by atoms with Crippen molar-refractivity contribution < 1.29 is 77.2 Å². The van der Waals surface area contributed by atoms with E-state index < -0.39 is 108 Å². The van der Waals surface area contributed by atoms with Gasteiger partial charge in [0.1, 0.15) is 30.5 Å². The van der Waals surface area contributed by atoms with Gasteiger partial charge in [-0.3, -0.25) is 24.1 Å². The number of carbonyl (C=O) groups is 6. The van der Waals surface area contributed by atoms with Gasteiger partial charge in [-0.1, -0.05) is 71.1 Å². The van der Waals surface area contributed by atoms with Gasteiger partial charge in [0.2, 0.25) is 23.6 Å². The first kappa shape index (κ1) is 80.1. The van der Waals surface area contributed by atoms with Crippen LogP contribution in [-0.2, 0) is 63.7 Å². The molecule has 0 radical (unpaired) electrons. The van der Waals surface area contributed by atoms with E-state index in [1.165, 1.54) is 12.0 Å². The van der Waals surface area contributed by atoms with Crippen molar-refractivity contribution in [2.24, 2.45) is 35.5 Å². The number of aliphatic hydroxyl groups excluding tert-OH is 2. The second-order valence-corrected chi connectivity index (χ2v) is 29.0. The topological polar surface area (TPSA) is 308 Å². The number of methoxy groups -OCH3 is 3. The smallest absolute Gasteiger partial charge is 0.407 e. The van der Waals surface area contributed by atoms with Gasteiger partial charge in [-0.15, -0.1) is 0 Å². The number of alkyl carbamates (subject to hydrolysis) is 1. The Labute approximate surface area is 597 Å². The summed E-state index contributed by atoms with van der Waals surface area (Å²) >= 11 is 0. The second-order valence-electron chi connectivity index (χ2n) is 29.0. The van der Waals surface area contributed by atoms with Crippen LogP contribution in [0.5, 0.6) is 0 Å². The fraction of sp³-hybridized carbons (Fsp3) is 0.707. The molecule has 26 heteroatoms. The van der Waals surface area contributed by atoms with Gasteiger partial charge in [0.05, 0.1) is 44.1 Å². The number of aliphatic hydroxyl groups is 3. The summed E-state index contributed by atoms with van der Waals surface area (Å²) in [7, 11) is 4.69. The van der Waals surface area contributed by atoms with Gasteiger partial charge in [-0.2, -0.15) is 0 Å². The summed E-state index contributed by atoms with van der Waals surface area (Å²) in [6, 6.07) is -1.15. The van der Waals surface area contributed by atoms with Crippen molar-refractivity contribution >= 4 is 47.3 Å². The van der Waals surface area contributed by atoms with Crippen LogP contribution in [0.1, 0.15) is 143 Å². The summed E-state index contributed by atoms with van der Waals surface area (Å²) in [6.45, 7) is 22.5. The molecular weight excluding hydrogens is 1300 g/mol. The van der Waals surface area contributed by atoms with Crippen LogP contribution < -0.4 is 15.1 Å². The number of anilines is 2. The normalized spacial score (nSPS) is 32.0. The van der Waals surface area contributed by atoms with Gasteiger partial charge in [0.15, 0.2) is 5.78 Å². The maximum absolute atomic E-state index is 14.9. The predicted octanol–water partition coefficient (Wildman–Crippen LogP) is 6.67. The van der Waals surface area contributed by atoms with Crippen LogP contribution in [-0.4, -0.2) is 246 Å². The van der Waals surface area contributed by atoms with Crippen LogP contribution in [0.4, 0.5) is 16.7 Å². The number of esters is 1. The van der Waals surface area contributed by atoms with E-state index in [0.29, 0.717) is 127 Å². The summed E-state index contributed by atoms with van der Waals surface area (Å²) in [5.74, 6) is -6.55. The first-order chi connectivity index (χ1) is 48.4. The number of ketones is 2. The third-order valence-electron chi connectivity index (χ3n) is 21.4. The summed E-state index contributed by atoms with van der Waals surface area (Å²) in [6.07, 6.45) is 16.5. The molecule has 8 rings (SSSR count). The van der Waals surface area contributed by atoms with Crippen molar-refractivity contribution in [3.05, 3.63) is 83.5 Å². The number of carbonyl (C=O) groups excluding carboxylic acids is 6. The molecule has 1 saturated carbocycles. The first-order valence-corrected chi connectivity index (χ1v) is 36.7. The summed E-state index contributed by atoms with van der Waals surface area (Å²) in [4.78, 5) is 112. The van der Waals surface area contributed by atoms with Crippen LogP contribution in [0.25, 0.3) is 0 Å². The van der Waals surface area contributed by atoms with E-state index in [9.17, 15) is 44.1 Å². The van der Waals surface area contributed by atoms with Gasteiger partial charge >= 0.3 is 12.1 Å². The third-order valence-corrected chi connectivity index (χ3v) is 21.4. The number of ether oxygens (including phenoxy) is 7. The van der Waals surface area contributed by atoms with Crippen LogP contribution in [0, 0.1) is 42.4 Å². The zero-order valence-electron chi connectivity index (χ0n) is 61.5. The molecule has 2 unspecified atom stereocenters. The maximum Gasteiger partial charge on any atom is 0.407 e. The number of Topliss-reactive ketones (excluding diaryl/α,β-unsaturated/α-hetero) is 2. The number of hydrogen-bond donors (Lipinski definition) is 4. The number of allylic oxidation sites excluding steroid dienone is 5. The molecule has 2 aromatic rings. The Morgan fingerprint density at radius 1 is 0.713 bits per heavy atom. The number of piperidine rings is 1. The van der Waals surface area contributed by atoms with E-state index >= 15 is 0 Å².